The molecule has 0 bridgehead atoms. The summed E-state index contributed by atoms with van der Waals surface area (Å²) in [6.45, 7) is 1.45. The first-order valence-electron chi connectivity index (χ1n) is 9.07. The molecule has 0 saturated carbocycles. The summed E-state index contributed by atoms with van der Waals surface area (Å²) in [7, 11) is 0. The van der Waals surface area contributed by atoms with Gasteiger partial charge in [0, 0.05) is 28.9 Å². The van der Waals surface area contributed by atoms with Crippen molar-refractivity contribution in [3.63, 3.8) is 0 Å². The third kappa shape index (κ3) is 6.42. The molecule has 0 saturated heterocycles. The van der Waals surface area contributed by atoms with Crippen LogP contribution in [0.15, 0.2) is 48.5 Å². The molecule has 2 aromatic rings. The summed E-state index contributed by atoms with van der Waals surface area (Å²) >= 11 is 0. The Morgan fingerprint density at radius 3 is 1.97 bits per heavy atom. The highest BCUT2D eigenvalue weighted by atomic mass is 16.5. The molecule has 156 valence electrons. The lowest BCUT2D eigenvalue weighted by Gasteiger charge is -2.14. The van der Waals surface area contributed by atoms with Crippen molar-refractivity contribution >= 4 is 23.4 Å². The summed E-state index contributed by atoms with van der Waals surface area (Å²) in [6, 6.07) is 11.8. The van der Waals surface area contributed by atoms with Gasteiger partial charge in [-0.1, -0.05) is 11.8 Å². The Balaban J connectivity index is 2.01. The normalized spacial score (nSPS) is 12.0. The van der Waals surface area contributed by atoms with Crippen molar-refractivity contribution < 1.29 is 19.6 Å². The topological polar surface area (TPSA) is 160 Å². The Morgan fingerprint density at radius 1 is 0.967 bits per heavy atom. The summed E-state index contributed by atoms with van der Waals surface area (Å²) in [4.78, 5) is 35.1. The van der Waals surface area contributed by atoms with Crippen molar-refractivity contribution in [3.8, 4) is 11.8 Å². The van der Waals surface area contributed by atoms with Gasteiger partial charge in [-0.15, -0.1) is 0 Å². The van der Waals surface area contributed by atoms with E-state index in [4.69, 9.17) is 16.7 Å². The molecule has 2 rings (SSSR count). The monoisotopic (exact) mass is 409 g/mol. The van der Waals surface area contributed by atoms with E-state index in [2.05, 4.69) is 22.5 Å². The molecule has 9 heteroatoms. The van der Waals surface area contributed by atoms with Crippen LogP contribution in [0.25, 0.3) is 0 Å². The number of nitrogens with two attached hydrogens (primary N) is 2. The molecule has 0 heterocycles. The molecular formula is C21H23N5O4. The molecule has 8 N–H and O–H groups in total. The third-order valence-corrected chi connectivity index (χ3v) is 4.03. The Bertz CT molecular complexity index is 960. The first-order chi connectivity index (χ1) is 14.3. The quantitative estimate of drug-likeness (QED) is 0.223. The van der Waals surface area contributed by atoms with Crippen LogP contribution in [0, 0.1) is 11.8 Å². The van der Waals surface area contributed by atoms with Gasteiger partial charge in [0.05, 0.1) is 6.04 Å². The van der Waals surface area contributed by atoms with Crippen LogP contribution < -0.4 is 27.6 Å². The fourth-order valence-corrected chi connectivity index (χ4v) is 2.29. The lowest BCUT2D eigenvalue weighted by molar-refractivity contribution is -0.130. The largest absolute Gasteiger partial charge is 0.339 e. The van der Waals surface area contributed by atoms with Gasteiger partial charge in [0.2, 0.25) is 5.91 Å². The molecule has 0 aliphatic rings. The van der Waals surface area contributed by atoms with Gasteiger partial charge in [-0.3, -0.25) is 19.6 Å². The molecule has 0 aliphatic carbocycles. The zero-order valence-corrected chi connectivity index (χ0v) is 16.3. The van der Waals surface area contributed by atoms with Crippen LogP contribution >= 0.6 is 0 Å². The first kappa shape index (κ1) is 22.6. The predicted molar refractivity (Wildman–Crippen MR) is 111 cm³/mol. The van der Waals surface area contributed by atoms with E-state index < -0.39 is 23.9 Å². The highest BCUT2D eigenvalue weighted by Crippen LogP contribution is 2.10. The zero-order chi connectivity index (χ0) is 22.1. The lowest BCUT2D eigenvalue weighted by atomic mass is 10.1. The first-order valence-corrected chi connectivity index (χ1v) is 9.07. The van der Waals surface area contributed by atoms with Gasteiger partial charge in [-0.25, -0.2) is 5.48 Å². The fraction of sp³-hybridized carbons (Fsp3) is 0.190. The highest BCUT2D eigenvalue weighted by molar-refractivity contribution is 5.97. The van der Waals surface area contributed by atoms with Crippen molar-refractivity contribution in [1.82, 2.24) is 10.8 Å². The number of carbonyl (C=O) groups excluding carboxylic acids is 3. The minimum atomic E-state index is -1.04. The minimum absolute atomic E-state index is 0.157. The van der Waals surface area contributed by atoms with Crippen LogP contribution in [0.2, 0.25) is 0 Å². The maximum atomic E-state index is 12.2. The average Bonchev–Trinajstić information content (AvgIpc) is 2.76. The van der Waals surface area contributed by atoms with E-state index in [1.807, 2.05) is 0 Å². The molecule has 2 atom stereocenters. The van der Waals surface area contributed by atoms with Gasteiger partial charge >= 0.3 is 0 Å². The number of nitrogens with one attached hydrogen (secondary N) is 3. The van der Waals surface area contributed by atoms with Crippen molar-refractivity contribution in [3.05, 3.63) is 65.2 Å². The molecule has 2 aromatic carbocycles. The molecule has 0 radical (unpaired) electrons. The number of benzene rings is 2. The molecule has 0 aliphatic heterocycles. The van der Waals surface area contributed by atoms with Crippen LogP contribution in [0.4, 0.5) is 5.69 Å². The van der Waals surface area contributed by atoms with Crippen molar-refractivity contribution in [2.24, 2.45) is 11.5 Å². The van der Waals surface area contributed by atoms with Gasteiger partial charge < -0.3 is 22.1 Å². The number of hydroxylamine groups is 1. The Hall–Kier alpha value is -3.71. The van der Waals surface area contributed by atoms with E-state index in [0.29, 0.717) is 16.8 Å². The number of hydrogen-bond acceptors (Lipinski definition) is 6. The Kier molecular flexibility index (Phi) is 8.08. The SMILES string of the molecule is C[C@H](N)C(=O)Nc1ccc(C#Cc2ccc(C(=O)N[C@@H](CN)C(=O)NO)cc2)cc1. The summed E-state index contributed by atoms with van der Waals surface area (Å²) in [5.74, 6) is 4.40. The summed E-state index contributed by atoms with van der Waals surface area (Å²) in [5, 5.41) is 13.8. The van der Waals surface area contributed by atoms with Gasteiger partial charge in [-0.2, -0.15) is 0 Å². The molecule has 0 aromatic heterocycles. The highest BCUT2D eigenvalue weighted by Gasteiger charge is 2.19. The maximum absolute atomic E-state index is 12.2. The van der Waals surface area contributed by atoms with E-state index in [1.54, 1.807) is 55.5 Å². The Morgan fingerprint density at radius 2 is 1.50 bits per heavy atom. The van der Waals surface area contributed by atoms with Crippen LogP contribution in [0.3, 0.4) is 0 Å². The smallest absolute Gasteiger partial charge is 0.267 e. The second-order valence-corrected chi connectivity index (χ2v) is 6.42. The van der Waals surface area contributed by atoms with Crippen LogP contribution in [-0.2, 0) is 9.59 Å². The van der Waals surface area contributed by atoms with Gasteiger partial charge in [-0.05, 0) is 55.5 Å². The number of amides is 3. The Labute approximate surface area is 173 Å². The molecule has 0 spiro atoms. The molecule has 9 nitrogen and oxygen atoms in total. The van der Waals surface area contributed by atoms with E-state index >= 15 is 0 Å². The number of hydrogen-bond donors (Lipinski definition) is 6. The van der Waals surface area contributed by atoms with Gasteiger partial charge in [0.1, 0.15) is 6.04 Å². The standard InChI is InChI=1S/C21H23N5O4/c1-13(23)19(27)24-17-10-6-15(7-11-17)3-2-14-4-8-16(9-5-14)20(28)25-18(12-22)21(29)26-30/h4-11,13,18,30H,12,22-23H2,1H3,(H,24,27)(H,25,28)(H,26,29)/t13-,18-/m0/s1. The maximum Gasteiger partial charge on any atom is 0.267 e. The predicted octanol–water partition coefficient (Wildman–Crippen LogP) is -0.0654. The van der Waals surface area contributed by atoms with E-state index in [-0.39, 0.29) is 12.5 Å². The summed E-state index contributed by atoms with van der Waals surface area (Å²) < 4.78 is 0. The molecule has 0 unspecified atom stereocenters. The second-order valence-electron chi connectivity index (χ2n) is 6.42. The number of carbonyl (C=O) groups is 3. The number of rotatable bonds is 6. The van der Waals surface area contributed by atoms with Crippen molar-refractivity contribution in [1.29, 1.82) is 0 Å². The molecule has 0 fully saturated rings. The molecule has 3 amide bonds. The van der Waals surface area contributed by atoms with Crippen molar-refractivity contribution in [2.45, 2.75) is 19.0 Å². The fourth-order valence-electron chi connectivity index (χ4n) is 2.29. The summed E-state index contributed by atoms with van der Waals surface area (Å²) in [6.07, 6.45) is 0. The van der Waals surface area contributed by atoms with Crippen molar-refractivity contribution in [2.75, 3.05) is 11.9 Å². The lowest BCUT2D eigenvalue weighted by Crippen LogP contribution is -2.50. The molecule has 30 heavy (non-hydrogen) atoms. The number of anilines is 1. The van der Waals surface area contributed by atoms with Gasteiger partial charge in [0.15, 0.2) is 0 Å². The second kappa shape index (κ2) is 10.7. The van der Waals surface area contributed by atoms with Crippen LogP contribution in [-0.4, -0.2) is 41.6 Å². The van der Waals surface area contributed by atoms with Gasteiger partial charge in [0.25, 0.3) is 11.8 Å². The average molecular weight is 409 g/mol. The minimum Gasteiger partial charge on any atom is -0.339 e. The van der Waals surface area contributed by atoms with E-state index in [0.717, 1.165) is 5.56 Å². The molecular weight excluding hydrogens is 386 g/mol. The third-order valence-electron chi connectivity index (χ3n) is 4.03. The van der Waals surface area contributed by atoms with E-state index in [9.17, 15) is 14.4 Å². The summed E-state index contributed by atoms with van der Waals surface area (Å²) in [5.41, 5.74) is 14.8. The van der Waals surface area contributed by atoms with Crippen LogP contribution in [0.1, 0.15) is 28.4 Å². The van der Waals surface area contributed by atoms with E-state index in [1.165, 1.54) is 5.48 Å². The van der Waals surface area contributed by atoms with Crippen LogP contribution in [0.5, 0.6) is 0 Å². The zero-order valence-electron chi connectivity index (χ0n) is 16.3.